The van der Waals surface area contributed by atoms with Crippen LogP contribution in [0.1, 0.15) is 12.5 Å². The fraction of sp³-hybridized carbons (Fsp3) is 0.417. The van der Waals surface area contributed by atoms with E-state index in [9.17, 15) is 4.39 Å². The SMILES string of the molecule is CCN(CCOC)c1ccc(F)cc1C#N. The van der Waals surface area contributed by atoms with E-state index in [4.69, 9.17) is 10.00 Å². The Bertz CT molecular complexity index is 387. The van der Waals surface area contributed by atoms with Crippen molar-refractivity contribution >= 4 is 5.69 Å². The fourth-order valence-electron chi connectivity index (χ4n) is 1.52. The average Bonchev–Trinajstić information content (AvgIpc) is 2.31. The number of hydrogen-bond donors (Lipinski definition) is 0. The summed E-state index contributed by atoms with van der Waals surface area (Å²) in [4.78, 5) is 1.99. The summed E-state index contributed by atoms with van der Waals surface area (Å²) in [6.07, 6.45) is 0. The van der Waals surface area contributed by atoms with Crippen LogP contribution in [0.2, 0.25) is 0 Å². The molecule has 16 heavy (non-hydrogen) atoms. The van der Waals surface area contributed by atoms with Crippen LogP contribution in [0.25, 0.3) is 0 Å². The third-order valence-electron chi connectivity index (χ3n) is 2.37. The number of anilines is 1. The largest absolute Gasteiger partial charge is 0.383 e. The quantitative estimate of drug-likeness (QED) is 0.766. The van der Waals surface area contributed by atoms with Crippen LogP contribution >= 0.6 is 0 Å². The highest BCUT2D eigenvalue weighted by Gasteiger charge is 2.10. The van der Waals surface area contributed by atoms with Gasteiger partial charge in [0.2, 0.25) is 0 Å². The van der Waals surface area contributed by atoms with Crippen LogP contribution in [0, 0.1) is 17.1 Å². The summed E-state index contributed by atoms with van der Waals surface area (Å²) >= 11 is 0. The molecule has 3 nitrogen and oxygen atoms in total. The van der Waals surface area contributed by atoms with Crippen LogP contribution in [0.5, 0.6) is 0 Å². The predicted molar refractivity (Wildman–Crippen MR) is 60.9 cm³/mol. The zero-order chi connectivity index (χ0) is 12.0. The van der Waals surface area contributed by atoms with E-state index in [-0.39, 0.29) is 5.82 Å². The summed E-state index contributed by atoms with van der Waals surface area (Å²) in [6.45, 7) is 4.01. The minimum Gasteiger partial charge on any atom is -0.383 e. The molecule has 0 spiro atoms. The minimum atomic E-state index is -0.386. The molecule has 0 aliphatic rings. The Morgan fingerprint density at radius 1 is 1.50 bits per heavy atom. The van der Waals surface area contributed by atoms with Crippen LogP contribution in [0.15, 0.2) is 18.2 Å². The second-order valence-corrected chi connectivity index (χ2v) is 3.35. The van der Waals surface area contributed by atoms with E-state index in [1.54, 1.807) is 13.2 Å². The lowest BCUT2D eigenvalue weighted by molar-refractivity contribution is 0.205. The lowest BCUT2D eigenvalue weighted by atomic mass is 10.1. The van der Waals surface area contributed by atoms with Gasteiger partial charge in [-0.15, -0.1) is 0 Å². The zero-order valence-electron chi connectivity index (χ0n) is 9.53. The number of halogens is 1. The summed E-state index contributed by atoms with van der Waals surface area (Å²) in [6, 6.07) is 6.26. The van der Waals surface area contributed by atoms with Crippen molar-refractivity contribution in [3.63, 3.8) is 0 Å². The molecule has 1 aromatic rings. The number of nitriles is 1. The van der Waals surface area contributed by atoms with E-state index in [1.807, 2.05) is 17.9 Å². The highest BCUT2D eigenvalue weighted by molar-refractivity contribution is 5.59. The van der Waals surface area contributed by atoms with Crippen LogP contribution in [-0.4, -0.2) is 26.8 Å². The molecule has 0 heterocycles. The van der Waals surface area contributed by atoms with Gasteiger partial charge >= 0.3 is 0 Å². The molecule has 0 bridgehead atoms. The summed E-state index contributed by atoms with van der Waals surface area (Å²) in [5, 5.41) is 8.94. The standard InChI is InChI=1S/C12H15FN2O/c1-3-15(6-7-16-2)12-5-4-11(13)8-10(12)9-14/h4-5,8H,3,6-7H2,1-2H3. The summed E-state index contributed by atoms with van der Waals surface area (Å²) in [7, 11) is 1.63. The number of rotatable bonds is 5. The average molecular weight is 222 g/mol. The first-order chi connectivity index (χ1) is 7.72. The Morgan fingerprint density at radius 3 is 2.81 bits per heavy atom. The van der Waals surface area contributed by atoms with Gasteiger partial charge in [0.25, 0.3) is 0 Å². The first kappa shape index (κ1) is 12.5. The van der Waals surface area contributed by atoms with Crippen molar-refractivity contribution in [2.24, 2.45) is 0 Å². The summed E-state index contributed by atoms with van der Waals surface area (Å²) in [5.74, 6) is -0.386. The first-order valence-electron chi connectivity index (χ1n) is 5.16. The van der Waals surface area contributed by atoms with Crippen LogP contribution in [0.3, 0.4) is 0 Å². The third kappa shape index (κ3) is 2.94. The maximum absolute atomic E-state index is 13.0. The Labute approximate surface area is 95.1 Å². The van der Waals surface area contributed by atoms with E-state index in [0.717, 1.165) is 12.2 Å². The van der Waals surface area contributed by atoms with Gasteiger partial charge < -0.3 is 9.64 Å². The summed E-state index contributed by atoms with van der Waals surface area (Å²) in [5.41, 5.74) is 1.11. The van der Waals surface area contributed by atoms with Gasteiger partial charge in [0, 0.05) is 20.2 Å². The van der Waals surface area contributed by atoms with Crippen LogP contribution < -0.4 is 4.90 Å². The highest BCUT2D eigenvalue weighted by Crippen LogP contribution is 2.20. The van der Waals surface area contributed by atoms with E-state index < -0.39 is 0 Å². The van der Waals surface area contributed by atoms with E-state index >= 15 is 0 Å². The number of benzene rings is 1. The minimum absolute atomic E-state index is 0.359. The lowest BCUT2D eigenvalue weighted by Crippen LogP contribution is -2.27. The summed E-state index contributed by atoms with van der Waals surface area (Å²) < 4.78 is 18.0. The van der Waals surface area contributed by atoms with Crippen molar-refractivity contribution in [3.8, 4) is 6.07 Å². The molecule has 0 radical (unpaired) electrons. The topological polar surface area (TPSA) is 36.3 Å². The van der Waals surface area contributed by atoms with Crippen LogP contribution in [-0.2, 0) is 4.74 Å². The highest BCUT2D eigenvalue weighted by atomic mass is 19.1. The van der Waals surface area contributed by atoms with Crippen molar-refractivity contribution in [1.29, 1.82) is 5.26 Å². The maximum Gasteiger partial charge on any atom is 0.124 e. The van der Waals surface area contributed by atoms with Crippen LogP contribution in [0.4, 0.5) is 10.1 Å². The van der Waals surface area contributed by atoms with Gasteiger partial charge in [0.1, 0.15) is 11.9 Å². The van der Waals surface area contributed by atoms with Crippen molar-refractivity contribution in [2.45, 2.75) is 6.92 Å². The smallest absolute Gasteiger partial charge is 0.124 e. The van der Waals surface area contributed by atoms with E-state index in [0.29, 0.717) is 18.7 Å². The molecule has 0 unspecified atom stereocenters. The molecule has 0 fully saturated rings. The van der Waals surface area contributed by atoms with Crippen molar-refractivity contribution in [3.05, 3.63) is 29.6 Å². The van der Waals surface area contributed by atoms with Crippen molar-refractivity contribution in [1.82, 2.24) is 0 Å². The normalized spacial score (nSPS) is 9.88. The number of methoxy groups -OCH3 is 1. The van der Waals surface area contributed by atoms with Gasteiger partial charge in [-0.2, -0.15) is 5.26 Å². The molecule has 0 aromatic heterocycles. The molecule has 86 valence electrons. The first-order valence-corrected chi connectivity index (χ1v) is 5.16. The maximum atomic E-state index is 13.0. The molecule has 0 saturated carbocycles. The molecule has 1 rings (SSSR count). The van der Waals surface area contributed by atoms with Gasteiger partial charge in [0.15, 0.2) is 0 Å². The van der Waals surface area contributed by atoms with Gasteiger partial charge in [-0.25, -0.2) is 4.39 Å². The molecule has 0 saturated heterocycles. The van der Waals surface area contributed by atoms with Gasteiger partial charge in [-0.1, -0.05) is 0 Å². The molecule has 0 atom stereocenters. The second kappa shape index (κ2) is 6.09. The van der Waals surface area contributed by atoms with Crippen molar-refractivity contribution < 1.29 is 9.13 Å². The monoisotopic (exact) mass is 222 g/mol. The molecule has 0 N–H and O–H groups in total. The second-order valence-electron chi connectivity index (χ2n) is 3.35. The Morgan fingerprint density at radius 2 is 2.25 bits per heavy atom. The fourth-order valence-corrected chi connectivity index (χ4v) is 1.52. The molecular weight excluding hydrogens is 207 g/mol. The van der Waals surface area contributed by atoms with Gasteiger partial charge in [-0.05, 0) is 25.1 Å². The Hall–Kier alpha value is -1.60. The number of likely N-dealkylation sites (N-methyl/N-ethyl adjacent to an activating group) is 1. The predicted octanol–water partition coefficient (Wildman–Crippen LogP) is 2.17. The lowest BCUT2D eigenvalue weighted by Gasteiger charge is -2.23. The number of ether oxygens (including phenoxy) is 1. The molecular formula is C12H15FN2O. The molecule has 0 amide bonds. The Balaban J connectivity index is 2.96. The van der Waals surface area contributed by atoms with E-state index in [2.05, 4.69) is 0 Å². The molecule has 4 heteroatoms. The number of nitrogens with zero attached hydrogens (tertiary/aromatic N) is 2. The van der Waals surface area contributed by atoms with E-state index in [1.165, 1.54) is 12.1 Å². The molecule has 0 aliphatic heterocycles. The Kier molecular flexibility index (Phi) is 4.74. The van der Waals surface area contributed by atoms with Crippen molar-refractivity contribution in [2.75, 3.05) is 31.7 Å². The number of hydrogen-bond acceptors (Lipinski definition) is 3. The molecule has 1 aromatic carbocycles. The van der Waals surface area contributed by atoms with Gasteiger partial charge in [-0.3, -0.25) is 0 Å². The molecule has 0 aliphatic carbocycles. The third-order valence-corrected chi connectivity index (χ3v) is 2.37. The zero-order valence-corrected chi connectivity index (χ0v) is 9.53. The van der Waals surface area contributed by atoms with Gasteiger partial charge in [0.05, 0.1) is 17.9 Å².